The summed E-state index contributed by atoms with van der Waals surface area (Å²) in [4.78, 5) is 0. The molecule has 0 spiro atoms. The molecule has 3 aliphatic heterocycles. The van der Waals surface area contributed by atoms with Crippen LogP contribution in [0.25, 0.3) is 0 Å². The lowest BCUT2D eigenvalue weighted by atomic mass is 9.49. The van der Waals surface area contributed by atoms with Gasteiger partial charge in [0.15, 0.2) is 18.9 Å². The SMILES string of the molecule is C=C1CC2CCC3[C@@H](C)CCC[C@@]3(C)[C@@H]2CCC1OC1OC(CO)C(O)C(OC2OC(CO)C(O)C(O)C2O)C1OC1OCC(O)C(O)C1O. The van der Waals surface area contributed by atoms with Gasteiger partial charge in [0.25, 0.3) is 0 Å². The van der Waals surface area contributed by atoms with Crippen LogP contribution in [0.15, 0.2) is 12.2 Å². The van der Waals surface area contributed by atoms with Crippen molar-refractivity contribution in [3.63, 3.8) is 0 Å². The van der Waals surface area contributed by atoms with E-state index in [0.29, 0.717) is 30.1 Å². The maximum Gasteiger partial charge on any atom is 0.187 e. The largest absolute Gasteiger partial charge is 0.394 e. The van der Waals surface area contributed by atoms with E-state index in [2.05, 4.69) is 20.4 Å². The standard InChI is InChI=1S/C35H58O15/c1-15-5-4-10-35(3)18(15)7-6-17-11-16(2)21(9-8-19(17)35)46-34-31(50-32-28(43)24(39)20(38)14-45-32)30(26(41)23(13-37)48-34)49-33-29(44)27(42)25(40)22(12-36)47-33/h15,17-34,36-44H,2,4-14H2,1,3H3/t15-,17?,18?,19+,20?,21?,22?,23?,24?,25?,26?,27?,28?,29?,30?,31?,32?,33?,34?,35+/m0/s1. The van der Waals surface area contributed by atoms with Crippen LogP contribution >= 0.6 is 0 Å². The minimum absolute atomic E-state index is 0.221. The molecule has 6 fully saturated rings. The van der Waals surface area contributed by atoms with E-state index in [-0.39, 0.29) is 12.0 Å². The molecule has 0 radical (unpaired) electrons. The zero-order chi connectivity index (χ0) is 36.1. The van der Waals surface area contributed by atoms with Gasteiger partial charge in [0, 0.05) is 0 Å². The predicted molar refractivity (Wildman–Crippen MR) is 172 cm³/mol. The molecule has 6 aliphatic rings. The van der Waals surface area contributed by atoms with Gasteiger partial charge in [-0.05, 0) is 73.2 Å². The van der Waals surface area contributed by atoms with Crippen molar-refractivity contribution in [1.82, 2.24) is 0 Å². The van der Waals surface area contributed by atoms with Crippen molar-refractivity contribution in [2.75, 3.05) is 19.8 Å². The summed E-state index contributed by atoms with van der Waals surface area (Å²) in [5.41, 5.74) is 1.09. The third-order valence-electron chi connectivity index (χ3n) is 12.9. The second kappa shape index (κ2) is 15.9. The molecule has 3 saturated carbocycles. The van der Waals surface area contributed by atoms with Crippen LogP contribution in [0.1, 0.15) is 65.2 Å². The van der Waals surface area contributed by atoms with Crippen LogP contribution in [0, 0.1) is 29.1 Å². The van der Waals surface area contributed by atoms with Gasteiger partial charge in [0.05, 0.1) is 25.9 Å². The molecule has 3 heterocycles. The van der Waals surface area contributed by atoms with Gasteiger partial charge in [-0.15, -0.1) is 0 Å². The fourth-order valence-corrected chi connectivity index (χ4v) is 10.0. The van der Waals surface area contributed by atoms with Crippen molar-refractivity contribution >= 4 is 0 Å². The maximum absolute atomic E-state index is 11.4. The van der Waals surface area contributed by atoms with Gasteiger partial charge in [-0.1, -0.05) is 33.3 Å². The van der Waals surface area contributed by atoms with Crippen LogP contribution < -0.4 is 0 Å². The Kier molecular flexibility index (Phi) is 12.3. The highest BCUT2D eigenvalue weighted by Gasteiger charge is 2.56. The molecule has 15 nitrogen and oxygen atoms in total. The number of hydrogen-bond donors (Lipinski definition) is 9. The Hall–Kier alpha value is -0.860. The number of aliphatic hydroxyl groups is 9. The average Bonchev–Trinajstić information content (AvgIpc) is 3.25. The summed E-state index contributed by atoms with van der Waals surface area (Å²) in [6.45, 7) is 7.48. The quantitative estimate of drug-likeness (QED) is 0.132. The third-order valence-corrected chi connectivity index (χ3v) is 12.9. The van der Waals surface area contributed by atoms with E-state index < -0.39 is 105 Å². The lowest BCUT2D eigenvalue weighted by molar-refractivity contribution is -0.389. The second-order valence-electron chi connectivity index (χ2n) is 15.9. The zero-order valence-corrected chi connectivity index (χ0v) is 28.9. The Bertz CT molecular complexity index is 1140. The first kappa shape index (κ1) is 38.9. The molecule has 17 unspecified atom stereocenters. The van der Waals surface area contributed by atoms with E-state index >= 15 is 0 Å². The lowest BCUT2D eigenvalue weighted by Crippen LogP contribution is -2.66. The summed E-state index contributed by atoms with van der Waals surface area (Å²) in [5.74, 6) is 2.29. The first-order valence-corrected chi connectivity index (χ1v) is 18.3. The van der Waals surface area contributed by atoms with E-state index in [9.17, 15) is 46.0 Å². The van der Waals surface area contributed by atoms with Gasteiger partial charge in [0.1, 0.15) is 67.1 Å². The molecule has 0 aromatic heterocycles. The summed E-state index contributed by atoms with van der Waals surface area (Å²) in [6.07, 6.45) is -14.2. The van der Waals surface area contributed by atoms with E-state index in [4.69, 9.17) is 28.4 Å². The summed E-state index contributed by atoms with van der Waals surface area (Å²) in [6, 6.07) is 0. The smallest absolute Gasteiger partial charge is 0.187 e. The number of hydrogen-bond acceptors (Lipinski definition) is 15. The molecule has 0 aromatic rings. The Morgan fingerprint density at radius 3 is 2.06 bits per heavy atom. The van der Waals surface area contributed by atoms with Crippen molar-refractivity contribution in [2.24, 2.45) is 29.1 Å². The van der Waals surface area contributed by atoms with Crippen molar-refractivity contribution in [2.45, 2.75) is 157 Å². The Labute approximate surface area is 292 Å². The molecule has 3 aliphatic carbocycles. The monoisotopic (exact) mass is 718 g/mol. The predicted octanol–water partition coefficient (Wildman–Crippen LogP) is -1.33. The highest BCUT2D eigenvalue weighted by molar-refractivity contribution is 5.12. The second-order valence-corrected chi connectivity index (χ2v) is 15.9. The van der Waals surface area contributed by atoms with Crippen molar-refractivity contribution in [3.05, 3.63) is 12.2 Å². The minimum atomic E-state index is -1.83. The van der Waals surface area contributed by atoms with Crippen molar-refractivity contribution in [1.29, 1.82) is 0 Å². The van der Waals surface area contributed by atoms with Gasteiger partial charge in [0.2, 0.25) is 0 Å². The normalized spacial score (nSPS) is 53.3. The molecule has 0 bridgehead atoms. The average molecular weight is 719 g/mol. The molecule has 3 saturated heterocycles. The van der Waals surface area contributed by atoms with Crippen LogP contribution in [0.5, 0.6) is 0 Å². The van der Waals surface area contributed by atoms with Crippen molar-refractivity contribution < 1.29 is 74.4 Å². The zero-order valence-electron chi connectivity index (χ0n) is 28.9. The maximum atomic E-state index is 11.4. The van der Waals surface area contributed by atoms with Crippen LogP contribution in [0.3, 0.4) is 0 Å². The fourth-order valence-electron chi connectivity index (χ4n) is 10.0. The number of rotatable bonds is 8. The summed E-state index contributed by atoms with van der Waals surface area (Å²) >= 11 is 0. The molecular weight excluding hydrogens is 660 g/mol. The lowest BCUT2D eigenvalue weighted by Gasteiger charge is -2.56. The first-order chi connectivity index (χ1) is 23.8. The summed E-state index contributed by atoms with van der Waals surface area (Å²) in [5, 5.41) is 94.1. The molecule has 20 atom stereocenters. The van der Waals surface area contributed by atoms with Gasteiger partial charge in [-0.3, -0.25) is 0 Å². The van der Waals surface area contributed by atoms with E-state index in [1.165, 1.54) is 25.7 Å². The van der Waals surface area contributed by atoms with E-state index in [1.807, 2.05) is 0 Å². The van der Waals surface area contributed by atoms with Crippen LogP contribution in [-0.4, -0.2) is 158 Å². The molecular formula is C35H58O15. The topological polar surface area (TPSA) is 237 Å². The summed E-state index contributed by atoms with van der Waals surface area (Å²) < 4.78 is 36.0. The first-order valence-electron chi connectivity index (χ1n) is 18.3. The minimum Gasteiger partial charge on any atom is -0.394 e. The molecule has 50 heavy (non-hydrogen) atoms. The molecule has 0 aromatic carbocycles. The van der Waals surface area contributed by atoms with Gasteiger partial charge >= 0.3 is 0 Å². The number of aliphatic hydroxyl groups excluding tert-OH is 9. The molecule has 9 N–H and O–H groups in total. The fraction of sp³-hybridized carbons (Fsp3) is 0.943. The van der Waals surface area contributed by atoms with Crippen LogP contribution in [-0.2, 0) is 28.4 Å². The summed E-state index contributed by atoms with van der Waals surface area (Å²) in [7, 11) is 0. The van der Waals surface area contributed by atoms with Gasteiger partial charge < -0.3 is 74.4 Å². The Balaban J connectivity index is 1.27. The Morgan fingerprint density at radius 2 is 1.34 bits per heavy atom. The van der Waals surface area contributed by atoms with Gasteiger partial charge in [-0.2, -0.15) is 0 Å². The Morgan fingerprint density at radius 1 is 0.700 bits per heavy atom. The van der Waals surface area contributed by atoms with Gasteiger partial charge in [-0.25, -0.2) is 0 Å². The molecule has 288 valence electrons. The highest BCUT2D eigenvalue weighted by atomic mass is 16.8. The molecule has 15 heteroatoms. The third kappa shape index (κ3) is 7.31. The van der Waals surface area contributed by atoms with E-state index in [1.54, 1.807) is 0 Å². The van der Waals surface area contributed by atoms with Crippen LogP contribution in [0.2, 0.25) is 0 Å². The number of ether oxygens (including phenoxy) is 6. The number of fused-ring (bicyclic) bond motifs is 3. The highest BCUT2D eigenvalue weighted by Crippen LogP contribution is 2.60. The van der Waals surface area contributed by atoms with Crippen molar-refractivity contribution in [3.8, 4) is 0 Å². The molecule has 6 rings (SSSR count). The van der Waals surface area contributed by atoms with E-state index in [0.717, 1.165) is 24.8 Å². The molecule has 0 amide bonds. The van der Waals surface area contributed by atoms with Crippen LogP contribution in [0.4, 0.5) is 0 Å².